The second-order valence-corrected chi connectivity index (χ2v) is 4.03. The van der Waals surface area contributed by atoms with Gasteiger partial charge in [-0.1, -0.05) is 12.1 Å². The molecule has 0 aliphatic carbocycles. The molecule has 1 rings (SSSR count). The predicted octanol–water partition coefficient (Wildman–Crippen LogP) is 1.31. The highest BCUT2D eigenvalue weighted by Gasteiger charge is 2.25. The number of Topliss-reactive ketones (excluding diaryl/α,β-unsaturated/α-hetero) is 1. The minimum atomic E-state index is -1.39. The van der Waals surface area contributed by atoms with Gasteiger partial charge in [-0.15, -0.1) is 0 Å². The van der Waals surface area contributed by atoms with Gasteiger partial charge in [0.25, 0.3) is 0 Å². The quantitative estimate of drug-likeness (QED) is 0.735. The maximum absolute atomic E-state index is 11.7. The highest BCUT2D eigenvalue weighted by molar-refractivity contribution is 6.01. The molecule has 1 aromatic rings. The smallest absolute Gasteiger partial charge is 0.193 e. The third kappa shape index (κ3) is 2.64. The average molecular weight is 207 g/mol. The molecule has 0 saturated heterocycles. The van der Waals surface area contributed by atoms with Gasteiger partial charge in [-0.05, 0) is 38.0 Å². The van der Waals surface area contributed by atoms with Gasteiger partial charge in [0, 0.05) is 5.56 Å². The van der Waals surface area contributed by atoms with Crippen LogP contribution in [0.5, 0.6) is 0 Å². The Morgan fingerprint density at radius 2 is 2.07 bits per heavy atom. The molecular formula is C12H15O3. The summed E-state index contributed by atoms with van der Waals surface area (Å²) in [6.45, 7) is 6.43. The fraction of sp³-hybridized carbons (Fsp3) is 0.333. The maximum atomic E-state index is 11.7. The molecule has 15 heavy (non-hydrogen) atoms. The summed E-state index contributed by atoms with van der Waals surface area (Å²) in [5.41, 5.74) is 0.281. The van der Waals surface area contributed by atoms with E-state index in [4.69, 9.17) is 5.11 Å². The zero-order valence-electron chi connectivity index (χ0n) is 8.95. The summed E-state index contributed by atoms with van der Waals surface area (Å²) in [6, 6.07) is 4.81. The summed E-state index contributed by atoms with van der Waals surface area (Å²) in [4.78, 5) is 11.7. The first-order valence-electron chi connectivity index (χ1n) is 4.69. The van der Waals surface area contributed by atoms with Crippen molar-refractivity contribution in [1.82, 2.24) is 0 Å². The molecule has 0 amide bonds. The van der Waals surface area contributed by atoms with Gasteiger partial charge in [0.15, 0.2) is 5.78 Å². The van der Waals surface area contributed by atoms with Crippen LogP contribution >= 0.6 is 0 Å². The first kappa shape index (κ1) is 11.9. The molecule has 0 fully saturated rings. The Hall–Kier alpha value is -1.19. The van der Waals surface area contributed by atoms with Crippen LogP contribution in [0.15, 0.2) is 18.2 Å². The molecule has 0 bridgehead atoms. The van der Waals surface area contributed by atoms with Crippen molar-refractivity contribution in [2.75, 3.05) is 0 Å². The van der Waals surface area contributed by atoms with Crippen molar-refractivity contribution in [3.05, 3.63) is 41.8 Å². The van der Waals surface area contributed by atoms with E-state index in [1.54, 1.807) is 18.2 Å². The van der Waals surface area contributed by atoms with Crippen molar-refractivity contribution in [1.29, 1.82) is 0 Å². The van der Waals surface area contributed by atoms with Crippen LogP contribution < -0.4 is 0 Å². The van der Waals surface area contributed by atoms with Crippen molar-refractivity contribution in [2.24, 2.45) is 0 Å². The highest BCUT2D eigenvalue weighted by atomic mass is 16.3. The van der Waals surface area contributed by atoms with Crippen LogP contribution in [0, 0.1) is 6.92 Å². The highest BCUT2D eigenvalue weighted by Crippen LogP contribution is 2.16. The number of benzene rings is 1. The lowest BCUT2D eigenvalue weighted by molar-refractivity contribution is 0.0488. The molecule has 81 valence electrons. The van der Waals surface area contributed by atoms with Crippen LogP contribution in [0.25, 0.3) is 0 Å². The molecule has 0 saturated carbocycles. The molecule has 0 aromatic heterocycles. The summed E-state index contributed by atoms with van der Waals surface area (Å²) >= 11 is 0. The predicted molar refractivity (Wildman–Crippen MR) is 57.5 cm³/mol. The van der Waals surface area contributed by atoms with Gasteiger partial charge >= 0.3 is 0 Å². The second-order valence-electron chi connectivity index (χ2n) is 4.03. The Labute approximate surface area is 89.4 Å². The number of ketones is 1. The van der Waals surface area contributed by atoms with Crippen molar-refractivity contribution < 1.29 is 15.0 Å². The molecule has 2 N–H and O–H groups in total. The number of carbonyl (C=O) groups is 1. The van der Waals surface area contributed by atoms with Crippen LogP contribution in [0.2, 0.25) is 0 Å². The second kappa shape index (κ2) is 4.13. The molecule has 0 heterocycles. The van der Waals surface area contributed by atoms with Crippen molar-refractivity contribution in [3.8, 4) is 0 Å². The minimum absolute atomic E-state index is 0.161. The molecule has 0 atom stereocenters. The van der Waals surface area contributed by atoms with Gasteiger partial charge in [-0.3, -0.25) is 4.79 Å². The molecule has 3 heteroatoms. The average Bonchev–Trinajstić information content (AvgIpc) is 2.16. The minimum Gasteiger partial charge on any atom is -0.392 e. The van der Waals surface area contributed by atoms with Gasteiger partial charge in [0.2, 0.25) is 0 Å². The van der Waals surface area contributed by atoms with E-state index in [1.807, 2.05) is 0 Å². The van der Waals surface area contributed by atoms with Crippen molar-refractivity contribution >= 4 is 5.78 Å². The Morgan fingerprint density at radius 1 is 1.47 bits per heavy atom. The van der Waals surface area contributed by atoms with E-state index in [0.29, 0.717) is 16.7 Å². The third-order valence-electron chi connectivity index (χ3n) is 2.19. The number of rotatable bonds is 3. The lowest BCUT2D eigenvalue weighted by Gasteiger charge is -2.16. The molecule has 0 unspecified atom stereocenters. The number of aliphatic hydroxyl groups excluding tert-OH is 1. The molecule has 0 aliphatic heterocycles. The Kier molecular flexibility index (Phi) is 3.27. The third-order valence-corrected chi connectivity index (χ3v) is 2.19. The maximum Gasteiger partial charge on any atom is 0.193 e. The first-order chi connectivity index (χ1) is 6.86. The van der Waals surface area contributed by atoms with Gasteiger partial charge in [0.1, 0.15) is 5.60 Å². The van der Waals surface area contributed by atoms with Gasteiger partial charge in [-0.2, -0.15) is 0 Å². The van der Waals surface area contributed by atoms with Crippen molar-refractivity contribution in [2.45, 2.75) is 26.1 Å². The lowest BCUT2D eigenvalue weighted by Crippen LogP contribution is -2.31. The fourth-order valence-corrected chi connectivity index (χ4v) is 1.27. The van der Waals surface area contributed by atoms with Gasteiger partial charge in [-0.25, -0.2) is 0 Å². The van der Waals surface area contributed by atoms with E-state index in [2.05, 4.69) is 6.92 Å². The van der Waals surface area contributed by atoms with Crippen LogP contribution in [-0.2, 0) is 6.61 Å². The summed E-state index contributed by atoms with van der Waals surface area (Å²) in [5.74, 6) is -0.364. The Morgan fingerprint density at radius 3 is 2.53 bits per heavy atom. The largest absolute Gasteiger partial charge is 0.392 e. The van der Waals surface area contributed by atoms with Gasteiger partial charge < -0.3 is 10.2 Å². The normalized spacial score (nSPS) is 11.5. The molecule has 3 nitrogen and oxygen atoms in total. The standard InChI is InChI=1S/C12H15O3/c1-8-4-5-9(6-10(8)7-13)11(14)12(2,3)15/h4-6,13,15H,1,7H2,2-3H3. The fourth-order valence-electron chi connectivity index (χ4n) is 1.27. The summed E-state index contributed by atoms with van der Waals surface area (Å²) in [7, 11) is 0. The Balaban J connectivity index is 3.12. The molecule has 0 spiro atoms. The SMILES string of the molecule is [CH2]c1ccc(C(=O)C(C)(C)O)cc1CO. The first-order valence-corrected chi connectivity index (χ1v) is 4.69. The Bertz CT molecular complexity index is 375. The van der Waals surface area contributed by atoms with E-state index in [1.165, 1.54) is 13.8 Å². The van der Waals surface area contributed by atoms with Crippen molar-refractivity contribution in [3.63, 3.8) is 0 Å². The molecular weight excluding hydrogens is 192 g/mol. The van der Waals surface area contributed by atoms with E-state index in [-0.39, 0.29) is 12.4 Å². The zero-order chi connectivity index (χ0) is 11.6. The topological polar surface area (TPSA) is 57.5 Å². The van der Waals surface area contributed by atoms with Crippen LogP contribution in [0.4, 0.5) is 0 Å². The summed E-state index contributed by atoms with van der Waals surface area (Å²) in [6.07, 6.45) is 0. The van der Waals surface area contributed by atoms with Gasteiger partial charge in [0.05, 0.1) is 6.61 Å². The zero-order valence-corrected chi connectivity index (χ0v) is 8.95. The number of carbonyl (C=O) groups excluding carboxylic acids is 1. The summed E-state index contributed by atoms with van der Waals surface area (Å²) in [5, 5.41) is 18.6. The number of hydrogen-bond acceptors (Lipinski definition) is 3. The van der Waals surface area contributed by atoms with E-state index < -0.39 is 5.60 Å². The van der Waals surface area contributed by atoms with Crippen LogP contribution in [0.3, 0.4) is 0 Å². The molecule has 0 aliphatic rings. The van der Waals surface area contributed by atoms with E-state index in [0.717, 1.165) is 0 Å². The monoisotopic (exact) mass is 207 g/mol. The molecule has 1 radical (unpaired) electrons. The summed E-state index contributed by atoms with van der Waals surface area (Å²) < 4.78 is 0. The van der Waals surface area contributed by atoms with E-state index >= 15 is 0 Å². The van der Waals surface area contributed by atoms with Crippen LogP contribution in [0.1, 0.15) is 35.3 Å². The van der Waals surface area contributed by atoms with Crippen LogP contribution in [-0.4, -0.2) is 21.6 Å². The number of hydrogen-bond donors (Lipinski definition) is 2. The lowest BCUT2D eigenvalue weighted by atomic mass is 9.94. The molecule has 1 aromatic carbocycles. The van der Waals surface area contributed by atoms with E-state index in [9.17, 15) is 9.90 Å². The number of aliphatic hydroxyl groups is 2.